The van der Waals surface area contributed by atoms with E-state index in [4.69, 9.17) is 10.8 Å². The smallest absolute Gasteiger partial charge is 0.307 e. The van der Waals surface area contributed by atoms with Gasteiger partial charge in [-0.3, -0.25) is 4.79 Å². The van der Waals surface area contributed by atoms with Crippen LogP contribution in [0.25, 0.3) is 0 Å². The number of rotatable bonds is 7. The molecule has 0 aliphatic carbocycles. The fourth-order valence-corrected chi connectivity index (χ4v) is 3.01. The first kappa shape index (κ1) is 17.5. The molecule has 3 rings (SSSR count). The minimum atomic E-state index is -0.859. The van der Waals surface area contributed by atoms with Gasteiger partial charge in [-0.05, 0) is 28.8 Å². The van der Waals surface area contributed by atoms with Crippen LogP contribution in [-0.2, 0) is 24.3 Å². The third-order valence-corrected chi connectivity index (χ3v) is 4.22. The predicted molar refractivity (Wildman–Crippen MR) is 105 cm³/mol. The lowest BCUT2D eigenvalue weighted by atomic mass is 10.1. The van der Waals surface area contributed by atoms with Gasteiger partial charge in [0.25, 0.3) is 0 Å². The zero-order chi connectivity index (χ0) is 18.4. The number of aliphatic carboxylic acids is 1. The predicted octanol–water partition coefficient (Wildman–Crippen LogP) is 4.10. The molecule has 0 spiro atoms. The Morgan fingerprint density at radius 2 is 1.35 bits per heavy atom. The standard InChI is InChI=1S/C22H22N2O2/c23-20-13-19(14-22(25)26)11-12-21(20)24(15-17-7-3-1-4-8-17)16-18-9-5-2-6-10-18/h1-13H,14-16,23H2,(H,25,26). The summed E-state index contributed by atoms with van der Waals surface area (Å²) >= 11 is 0. The van der Waals surface area contributed by atoms with Crippen LogP contribution in [0.3, 0.4) is 0 Å². The fraction of sp³-hybridized carbons (Fsp3) is 0.136. The molecule has 3 N–H and O–H groups in total. The van der Waals surface area contributed by atoms with Gasteiger partial charge < -0.3 is 15.7 Å². The molecule has 132 valence electrons. The molecular formula is C22H22N2O2. The molecule has 3 aromatic rings. The summed E-state index contributed by atoms with van der Waals surface area (Å²) in [5.41, 5.74) is 10.9. The lowest BCUT2D eigenvalue weighted by Crippen LogP contribution is -2.23. The average Bonchev–Trinajstić information content (AvgIpc) is 2.63. The molecule has 26 heavy (non-hydrogen) atoms. The molecule has 0 aromatic heterocycles. The molecule has 4 nitrogen and oxygen atoms in total. The SMILES string of the molecule is Nc1cc(CC(=O)O)ccc1N(Cc1ccccc1)Cc1ccccc1. The van der Waals surface area contributed by atoms with Crippen molar-refractivity contribution < 1.29 is 9.90 Å². The van der Waals surface area contributed by atoms with Gasteiger partial charge >= 0.3 is 5.97 Å². The highest BCUT2D eigenvalue weighted by molar-refractivity contribution is 5.74. The van der Waals surface area contributed by atoms with Crippen LogP contribution in [0.15, 0.2) is 78.9 Å². The molecular weight excluding hydrogens is 324 g/mol. The Hall–Kier alpha value is -3.27. The first-order chi connectivity index (χ1) is 12.6. The van der Waals surface area contributed by atoms with Gasteiger partial charge in [-0.1, -0.05) is 66.7 Å². The van der Waals surface area contributed by atoms with Crippen molar-refractivity contribution in [2.24, 2.45) is 0 Å². The van der Waals surface area contributed by atoms with Gasteiger partial charge in [-0.15, -0.1) is 0 Å². The van der Waals surface area contributed by atoms with Crippen LogP contribution in [0.1, 0.15) is 16.7 Å². The van der Waals surface area contributed by atoms with Gasteiger partial charge in [0.1, 0.15) is 0 Å². The van der Waals surface area contributed by atoms with Gasteiger partial charge in [0, 0.05) is 13.1 Å². The Morgan fingerprint density at radius 1 is 0.808 bits per heavy atom. The van der Waals surface area contributed by atoms with E-state index in [9.17, 15) is 4.79 Å². The number of benzene rings is 3. The number of carboxylic acids is 1. The van der Waals surface area contributed by atoms with Crippen LogP contribution in [-0.4, -0.2) is 11.1 Å². The highest BCUT2D eigenvalue weighted by Crippen LogP contribution is 2.28. The number of hydrogen-bond donors (Lipinski definition) is 2. The van der Waals surface area contributed by atoms with Crippen molar-refractivity contribution in [1.82, 2.24) is 0 Å². The number of carboxylic acid groups (broad SMARTS) is 1. The topological polar surface area (TPSA) is 66.6 Å². The number of anilines is 2. The van der Waals surface area contributed by atoms with Crippen LogP contribution in [0, 0.1) is 0 Å². The van der Waals surface area contributed by atoms with Gasteiger partial charge in [-0.25, -0.2) is 0 Å². The minimum Gasteiger partial charge on any atom is -0.481 e. The van der Waals surface area contributed by atoms with Crippen molar-refractivity contribution in [3.63, 3.8) is 0 Å². The van der Waals surface area contributed by atoms with Crippen LogP contribution in [0.5, 0.6) is 0 Å². The summed E-state index contributed by atoms with van der Waals surface area (Å²) in [7, 11) is 0. The van der Waals surface area contributed by atoms with Crippen LogP contribution >= 0.6 is 0 Å². The Bertz CT molecular complexity index is 822. The van der Waals surface area contributed by atoms with E-state index in [1.807, 2.05) is 48.5 Å². The normalized spacial score (nSPS) is 10.5. The van der Waals surface area contributed by atoms with E-state index in [0.29, 0.717) is 11.3 Å². The second-order valence-corrected chi connectivity index (χ2v) is 6.29. The zero-order valence-corrected chi connectivity index (χ0v) is 14.5. The summed E-state index contributed by atoms with van der Waals surface area (Å²) in [6, 6.07) is 26.0. The molecule has 0 bridgehead atoms. The highest BCUT2D eigenvalue weighted by Gasteiger charge is 2.13. The van der Waals surface area contributed by atoms with E-state index in [-0.39, 0.29) is 6.42 Å². The third kappa shape index (κ3) is 4.63. The van der Waals surface area contributed by atoms with E-state index in [1.54, 1.807) is 6.07 Å². The molecule has 0 amide bonds. The summed E-state index contributed by atoms with van der Waals surface area (Å²) in [4.78, 5) is 13.1. The third-order valence-electron chi connectivity index (χ3n) is 4.22. The Labute approximate surface area is 153 Å². The van der Waals surface area contributed by atoms with Crippen molar-refractivity contribution in [1.29, 1.82) is 0 Å². The van der Waals surface area contributed by atoms with Crippen molar-refractivity contribution in [2.45, 2.75) is 19.5 Å². The summed E-state index contributed by atoms with van der Waals surface area (Å²) < 4.78 is 0. The lowest BCUT2D eigenvalue weighted by Gasteiger charge is -2.27. The molecule has 0 saturated heterocycles. The molecule has 0 atom stereocenters. The first-order valence-corrected chi connectivity index (χ1v) is 8.55. The molecule has 0 aliphatic heterocycles. The fourth-order valence-electron chi connectivity index (χ4n) is 3.01. The maximum Gasteiger partial charge on any atom is 0.307 e. The molecule has 0 heterocycles. The Kier molecular flexibility index (Phi) is 5.54. The van der Waals surface area contributed by atoms with E-state index >= 15 is 0 Å². The molecule has 0 radical (unpaired) electrons. The van der Waals surface area contributed by atoms with E-state index < -0.39 is 5.97 Å². The summed E-state index contributed by atoms with van der Waals surface area (Å²) in [6.45, 7) is 1.44. The zero-order valence-electron chi connectivity index (χ0n) is 14.5. The minimum absolute atomic E-state index is 0.0259. The summed E-state index contributed by atoms with van der Waals surface area (Å²) in [5.74, 6) is -0.859. The Balaban J connectivity index is 1.90. The molecule has 3 aromatic carbocycles. The molecule has 0 fully saturated rings. The quantitative estimate of drug-likeness (QED) is 0.632. The lowest BCUT2D eigenvalue weighted by molar-refractivity contribution is -0.136. The number of nitrogens with two attached hydrogens (primary N) is 1. The highest BCUT2D eigenvalue weighted by atomic mass is 16.4. The number of carbonyl (C=O) groups is 1. The maximum atomic E-state index is 10.9. The molecule has 0 aliphatic rings. The van der Waals surface area contributed by atoms with E-state index in [2.05, 4.69) is 29.2 Å². The second-order valence-electron chi connectivity index (χ2n) is 6.29. The van der Waals surface area contributed by atoms with Gasteiger partial charge in [0.15, 0.2) is 0 Å². The first-order valence-electron chi connectivity index (χ1n) is 8.55. The van der Waals surface area contributed by atoms with Gasteiger partial charge in [0.05, 0.1) is 17.8 Å². The van der Waals surface area contributed by atoms with E-state index in [0.717, 1.165) is 18.8 Å². The van der Waals surface area contributed by atoms with Gasteiger partial charge in [0.2, 0.25) is 0 Å². The van der Waals surface area contributed by atoms with Crippen LogP contribution < -0.4 is 10.6 Å². The molecule has 4 heteroatoms. The van der Waals surface area contributed by atoms with Crippen LogP contribution in [0.2, 0.25) is 0 Å². The van der Waals surface area contributed by atoms with Gasteiger partial charge in [-0.2, -0.15) is 0 Å². The van der Waals surface area contributed by atoms with Crippen LogP contribution in [0.4, 0.5) is 11.4 Å². The molecule has 0 saturated carbocycles. The van der Waals surface area contributed by atoms with Crippen molar-refractivity contribution in [2.75, 3.05) is 10.6 Å². The second kappa shape index (κ2) is 8.21. The van der Waals surface area contributed by atoms with Crippen molar-refractivity contribution in [3.8, 4) is 0 Å². The average molecular weight is 346 g/mol. The number of nitrogens with zero attached hydrogens (tertiary/aromatic N) is 1. The summed E-state index contributed by atoms with van der Waals surface area (Å²) in [5, 5.41) is 8.97. The van der Waals surface area contributed by atoms with Crippen molar-refractivity contribution in [3.05, 3.63) is 95.6 Å². The molecule has 0 unspecified atom stereocenters. The summed E-state index contributed by atoms with van der Waals surface area (Å²) in [6.07, 6.45) is -0.0259. The van der Waals surface area contributed by atoms with Crippen molar-refractivity contribution >= 4 is 17.3 Å². The monoisotopic (exact) mass is 346 g/mol. The Morgan fingerprint density at radius 3 is 1.81 bits per heavy atom. The van der Waals surface area contributed by atoms with E-state index in [1.165, 1.54) is 11.1 Å². The number of nitrogen functional groups attached to an aromatic ring is 1. The maximum absolute atomic E-state index is 10.9. The largest absolute Gasteiger partial charge is 0.481 e. The number of hydrogen-bond acceptors (Lipinski definition) is 3.